The fourth-order valence-corrected chi connectivity index (χ4v) is 6.31. The molecule has 1 aliphatic rings. The molecule has 4 heterocycles. The topological polar surface area (TPSA) is 101 Å². The molecule has 0 amide bonds. The lowest BCUT2D eigenvalue weighted by Crippen LogP contribution is -2.22. The van der Waals surface area contributed by atoms with E-state index in [1.54, 1.807) is 23.4 Å². The third kappa shape index (κ3) is 4.35. The molecule has 0 saturated carbocycles. The fraction of sp³-hybridized carbons (Fsp3) is 0.214. The Hall–Kier alpha value is -4.57. The second-order valence-corrected chi connectivity index (χ2v) is 10.6. The van der Waals surface area contributed by atoms with Gasteiger partial charge in [-0.3, -0.25) is 4.98 Å². The van der Waals surface area contributed by atoms with Gasteiger partial charge in [-0.2, -0.15) is 28.4 Å². The van der Waals surface area contributed by atoms with Gasteiger partial charge in [-0.05, 0) is 35.7 Å². The summed E-state index contributed by atoms with van der Waals surface area (Å²) >= 11 is 0.705. The van der Waals surface area contributed by atoms with Crippen LogP contribution in [-0.4, -0.2) is 35.2 Å². The summed E-state index contributed by atoms with van der Waals surface area (Å²) in [5, 5.41) is 9.22. The molecule has 1 fully saturated rings. The van der Waals surface area contributed by atoms with Gasteiger partial charge in [0.2, 0.25) is 0 Å². The average Bonchev–Trinajstić information content (AvgIpc) is 3.58. The van der Waals surface area contributed by atoms with E-state index in [1.807, 2.05) is 12.1 Å². The molecular formula is C28H19F5N6OS. The van der Waals surface area contributed by atoms with Gasteiger partial charge in [0.15, 0.2) is 5.82 Å². The number of rotatable bonds is 4. The number of nitrogens with zero attached hydrogens (tertiary/aromatic N) is 5. The van der Waals surface area contributed by atoms with Crippen molar-refractivity contribution in [3.8, 4) is 23.2 Å². The van der Waals surface area contributed by atoms with Gasteiger partial charge in [-0.1, -0.05) is 12.1 Å². The largest absolute Gasteiger partial charge is 0.467 e. The molecule has 3 aromatic heterocycles. The lowest BCUT2D eigenvalue weighted by molar-refractivity contribution is -0.137. The summed E-state index contributed by atoms with van der Waals surface area (Å²) in [5.41, 5.74) is 3.70. The number of anilines is 2. The Kier molecular flexibility index (Phi) is 6.37. The monoisotopic (exact) mass is 582 g/mol. The molecule has 5 aromatic rings. The van der Waals surface area contributed by atoms with Gasteiger partial charge in [0.1, 0.15) is 28.2 Å². The SMILES string of the molecule is COc1nc(N2CCC(c3cccnc3)C2)c2cc(C(F)(F)F)c(-c3ccc(F)c4sc(N)c(C#N)c34)c(F)c2n1. The highest BCUT2D eigenvalue weighted by Gasteiger charge is 2.39. The molecule has 2 aromatic carbocycles. The molecule has 13 heteroatoms. The first-order valence-corrected chi connectivity index (χ1v) is 13.1. The quantitative estimate of drug-likeness (QED) is 0.237. The number of thiophene rings is 1. The summed E-state index contributed by atoms with van der Waals surface area (Å²) in [6.45, 7) is 0.849. The van der Waals surface area contributed by atoms with Crippen molar-refractivity contribution in [3.05, 3.63) is 71.1 Å². The Morgan fingerprint density at radius 1 is 1.20 bits per heavy atom. The molecule has 1 aliphatic heterocycles. The van der Waals surface area contributed by atoms with Crippen molar-refractivity contribution in [1.82, 2.24) is 15.0 Å². The minimum atomic E-state index is -5.03. The summed E-state index contributed by atoms with van der Waals surface area (Å²) in [7, 11) is 1.27. The van der Waals surface area contributed by atoms with Gasteiger partial charge < -0.3 is 15.4 Å². The summed E-state index contributed by atoms with van der Waals surface area (Å²) in [6, 6.07) is 8.05. The summed E-state index contributed by atoms with van der Waals surface area (Å²) in [5.74, 6) is -1.97. The van der Waals surface area contributed by atoms with E-state index >= 15 is 4.39 Å². The predicted octanol–water partition coefficient (Wildman–Crippen LogP) is 6.66. The zero-order valence-electron chi connectivity index (χ0n) is 21.3. The summed E-state index contributed by atoms with van der Waals surface area (Å²) < 4.78 is 80.1. The Morgan fingerprint density at radius 2 is 2.00 bits per heavy atom. The van der Waals surface area contributed by atoms with E-state index in [0.717, 1.165) is 23.8 Å². The highest BCUT2D eigenvalue weighted by atomic mass is 32.1. The highest BCUT2D eigenvalue weighted by Crippen LogP contribution is 2.48. The molecule has 2 N–H and O–H groups in total. The molecule has 1 saturated heterocycles. The number of halogens is 5. The van der Waals surface area contributed by atoms with E-state index in [4.69, 9.17) is 10.5 Å². The van der Waals surface area contributed by atoms with E-state index in [1.165, 1.54) is 7.11 Å². The van der Waals surface area contributed by atoms with Crippen molar-refractivity contribution >= 4 is 43.1 Å². The fourth-order valence-electron chi connectivity index (χ4n) is 5.36. The summed E-state index contributed by atoms with van der Waals surface area (Å²) in [4.78, 5) is 14.3. The van der Waals surface area contributed by atoms with Crippen molar-refractivity contribution in [2.24, 2.45) is 0 Å². The first-order chi connectivity index (χ1) is 19.6. The Morgan fingerprint density at radius 3 is 2.68 bits per heavy atom. The van der Waals surface area contributed by atoms with Crippen LogP contribution in [0.2, 0.25) is 0 Å². The standard InChI is InChI=1S/C28H19F5N6OS/c1-40-27-37-23-16(26(38-27)39-8-6-14(12-39)13-3-2-7-36-11-13)9-18(28(31,32)33)21(22(23)30)15-4-5-19(29)24-20(15)17(10-34)25(35)41-24/h2-5,7,9,11,14H,6,8,12,35H2,1H3. The number of pyridine rings is 1. The number of nitrogen functional groups attached to an aromatic ring is 1. The Balaban J connectivity index is 1.62. The van der Waals surface area contributed by atoms with Crippen LogP contribution in [0.3, 0.4) is 0 Å². The average molecular weight is 583 g/mol. The molecule has 0 aliphatic carbocycles. The van der Waals surface area contributed by atoms with Gasteiger partial charge in [-0.25, -0.2) is 8.78 Å². The summed E-state index contributed by atoms with van der Waals surface area (Å²) in [6.07, 6.45) is -0.968. The van der Waals surface area contributed by atoms with Crippen LogP contribution in [0.5, 0.6) is 6.01 Å². The zero-order chi connectivity index (χ0) is 29.1. The van der Waals surface area contributed by atoms with E-state index < -0.39 is 34.5 Å². The molecule has 0 radical (unpaired) electrons. The third-order valence-electron chi connectivity index (χ3n) is 7.22. The van der Waals surface area contributed by atoms with E-state index in [9.17, 15) is 22.8 Å². The number of ether oxygens (including phenoxy) is 1. The molecular weight excluding hydrogens is 563 g/mol. The number of fused-ring (bicyclic) bond motifs is 2. The van der Waals surface area contributed by atoms with E-state index in [2.05, 4.69) is 15.0 Å². The second-order valence-electron chi connectivity index (χ2n) is 9.51. The van der Waals surface area contributed by atoms with Crippen molar-refractivity contribution in [2.75, 3.05) is 30.8 Å². The van der Waals surface area contributed by atoms with E-state index in [0.29, 0.717) is 30.8 Å². The predicted molar refractivity (Wildman–Crippen MR) is 145 cm³/mol. The van der Waals surface area contributed by atoms with Crippen LogP contribution >= 0.6 is 11.3 Å². The van der Waals surface area contributed by atoms with E-state index in [-0.39, 0.29) is 49.3 Å². The van der Waals surface area contributed by atoms with Gasteiger partial charge in [0.25, 0.3) is 0 Å². The van der Waals surface area contributed by atoms with Crippen LogP contribution in [0.25, 0.3) is 32.1 Å². The van der Waals surface area contributed by atoms with Crippen LogP contribution < -0.4 is 15.4 Å². The lowest BCUT2D eigenvalue weighted by Gasteiger charge is -2.22. The van der Waals surface area contributed by atoms with Gasteiger partial charge in [0, 0.05) is 47.7 Å². The smallest absolute Gasteiger partial charge is 0.417 e. The molecule has 1 unspecified atom stereocenters. The molecule has 41 heavy (non-hydrogen) atoms. The molecule has 208 valence electrons. The minimum Gasteiger partial charge on any atom is -0.467 e. The maximum absolute atomic E-state index is 16.5. The maximum Gasteiger partial charge on any atom is 0.417 e. The first kappa shape index (κ1) is 26.6. The number of nitrogens with two attached hydrogens (primary N) is 1. The van der Waals surface area contributed by atoms with Crippen molar-refractivity contribution in [2.45, 2.75) is 18.5 Å². The van der Waals surface area contributed by atoms with Crippen molar-refractivity contribution in [3.63, 3.8) is 0 Å². The number of methoxy groups -OCH3 is 1. The van der Waals surface area contributed by atoms with Gasteiger partial charge in [0.05, 0.1) is 22.9 Å². The van der Waals surface area contributed by atoms with Crippen LogP contribution in [-0.2, 0) is 6.18 Å². The maximum atomic E-state index is 16.5. The van der Waals surface area contributed by atoms with Crippen molar-refractivity contribution in [1.29, 1.82) is 5.26 Å². The zero-order valence-corrected chi connectivity index (χ0v) is 22.1. The number of nitriles is 1. The third-order valence-corrected chi connectivity index (χ3v) is 8.25. The Labute approximate surface area is 233 Å². The molecule has 7 nitrogen and oxygen atoms in total. The second kappa shape index (κ2) is 9.81. The number of hydrogen-bond acceptors (Lipinski definition) is 8. The highest BCUT2D eigenvalue weighted by molar-refractivity contribution is 7.23. The molecule has 0 spiro atoms. The normalized spacial score (nSPS) is 15.5. The van der Waals surface area contributed by atoms with Gasteiger partial charge >= 0.3 is 12.2 Å². The number of alkyl halides is 3. The van der Waals surface area contributed by atoms with Crippen LogP contribution in [0.4, 0.5) is 32.8 Å². The number of hydrogen-bond donors (Lipinski definition) is 1. The Bertz CT molecular complexity index is 1870. The van der Waals surface area contributed by atoms with Crippen molar-refractivity contribution < 1.29 is 26.7 Å². The van der Waals surface area contributed by atoms with Crippen LogP contribution in [0.1, 0.15) is 29.0 Å². The minimum absolute atomic E-state index is 0.0341. The number of aromatic nitrogens is 3. The molecule has 6 rings (SSSR count). The molecule has 1 atom stereocenters. The lowest BCUT2D eigenvalue weighted by atomic mass is 9.92. The molecule has 0 bridgehead atoms. The van der Waals surface area contributed by atoms with Crippen LogP contribution in [0.15, 0.2) is 42.7 Å². The first-order valence-electron chi connectivity index (χ1n) is 12.3. The van der Waals surface area contributed by atoms with Crippen LogP contribution in [0, 0.1) is 23.0 Å². The number of benzene rings is 2. The van der Waals surface area contributed by atoms with Gasteiger partial charge in [-0.15, -0.1) is 11.3 Å².